The van der Waals surface area contributed by atoms with E-state index < -0.39 is 0 Å². The molecule has 0 radical (unpaired) electrons. The Hall–Kier alpha value is -0.120. The Balaban J connectivity index is 2.37. The second-order valence-electron chi connectivity index (χ2n) is 5.25. The van der Waals surface area contributed by atoms with E-state index in [1.165, 1.54) is 0 Å². The molecule has 1 saturated carbocycles. The van der Waals surface area contributed by atoms with E-state index in [9.17, 15) is 5.11 Å². The summed E-state index contributed by atoms with van der Waals surface area (Å²) in [5, 5.41) is 9.26. The minimum absolute atomic E-state index is 0.0459. The van der Waals surface area contributed by atoms with Gasteiger partial charge in [0.25, 0.3) is 0 Å². The van der Waals surface area contributed by atoms with Crippen molar-refractivity contribution in [3.05, 3.63) is 0 Å². The normalized spacial score (nSPS) is 34.1. The minimum Gasteiger partial charge on any atom is -0.391 e. The third kappa shape index (κ3) is 4.81. The first-order valence-electron chi connectivity index (χ1n) is 6.40. The molecule has 0 aromatic heterocycles. The predicted octanol–water partition coefficient (Wildman–Crippen LogP) is 2.51. The average molecular weight is 230 g/mol. The maximum Gasteiger partial charge on any atom is 0.0745 e. The first-order chi connectivity index (χ1) is 7.56. The standard InChI is InChI=1S/C13H26O3/c1-11(14)10-16-13(2)8-4-6-12(15-3)7-5-9-13/h11-12,14H,4-10H2,1-3H3. The molecule has 1 unspecified atom stereocenters. The summed E-state index contributed by atoms with van der Waals surface area (Å²) in [6, 6.07) is 0. The van der Waals surface area contributed by atoms with Crippen molar-refractivity contribution in [1.82, 2.24) is 0 Å². The Morgan fingerprint density at radius 2 is 1.88 bits per heavy atom. The van der Waals surface area contributed by atoms with E-state index in [0.29, 0.717) is 12.7 Å². The smallest absolute Gasteiger partial charge is 0.0745 e. The summed E-state index contributed by atoms with van der Waals surface area (Å²) in [5.74, 6) is 0. The molecule has 0 amide bonds. The van der Waals surface area contributed by atoms with Gasteiger partial charge in [-0.2, -0.15) is 0 Å². The van der Waals surface area contributed by atoms with Crippen LogP contribution in [0.4, 0.5) is 0 Å². The number of rotatable bonds is 4. The van der Waals surface area contributed by atoms with Crippen LogP contribution in [0.5, 0.6) is 0 Å². The summed E-state index contributed by atoms with van der Waals surface area (Å²) in [6.45, 7) is 4.39. The molecule has 1 atom stereocenters. The Morgan fingerprint density at radius 1 is 1.31 bits per heavy atom. The minimum atomic E-state index is -0.367. The van der Waals surface area contributed by atoms with Crippen LogP contribution in [-0.4, -0.2) is 36.6 Å². The highest BCUT2D eigenvalue weighted by Gasteiger charge is 2.27. The molecule has 3 heteroatoms. The van der Waals surface area contributed by atoms with Crippen LogP contribution >= 0.6 is 0 Å². The molecule has 0 aromatic carbocycles. The number of aliphatic hydroxyl groups excluding tert-OH is 1. The lowest BCUT2D eigenvalue weighted by Crippen LogP contribution is -2.33. The summed E-state index contributed by atoms with van der Waals surface area (Å²) in [4.78, 5) is 0. The first-order valence-corrected chi connectivity index (χ1v) is 6.40. The van der Waals surface area contributed by atoms with E-state index in [-0.39, 0.29) is 11.7 Å². The monoisotopic (exact) mass is 230 g/mol. The van der Waals surface area contributed by atoms with Gasteiger partial charge in [0.1, 0.15) is 0 Å². The van der Waals surface area contributed by atoms with Crippen LogP contribution in [0.1, 0.15) is 52.4 Å². The zero-order valence-electron chi connectivity index (χ0n) is 10.9. The number of methoxy groups -OCH3 is 1. The molecule has 96 valence electrons. The van der Waals surface area contributed by atoms with Crippen molar-refractivity contribution in [1.29, 1.82) is 0 Å². The second-order valence-corrected chi connectivity index (χ2v) is 5.25. The van der Waals surface area contributed by atoms with E-state index in [4.69, 9.17) is 9.47 Å². The Kier molecular flexibility index (Phi) is 5.73. The largest absolute Gasteiger partial charge is 0.391 e. The molecule has 0 bridgehead atoms. The molecule has 0 aromatic rings. The molecule has 0 heterocycles. The van der Waals surface area contributed by atoms with Gasteiger partial charge in [0.15, 0.2) is 0 Å². The lowest BCUT2D eigenvalue weighted by atomic mass is 9.87. The molecule has 16 heavy (non-hydrogen) atoms. The molecule has 1 aliphatic rings. The fourth-order valence-corrected chi connectivity index (χ4v) is 2.38. The van der Waals surface area contributed by atoms with Crippen molar-refractivity contribution in [2.24, 2.45) is 0 Å². The van der Waals surface area contributed by atoms with Crippen molar-refractivity contribution < 1.29 is 14.6 Å². The fraction of sp³-hybridized carbons (Fsp3) is 1.00. The van der Waals surface area contributed by atoms with Crippen molar-refractivity contribution in [3.63, 3.8) is 0 Å². The highest BCUT2D eigenvalue weighted by Crippen LogP contribution is 2.30. The van der Waals surface area contributed by atoms with Crippen LogP contribution in [0.15, 0.2) is 0 Å². The van der Waals surface area contributed by atoms with Crippen molar-refractivity contribution in [2.75, 3.05) is 13.7 Å². The zero-order valence-corrected chi connectivity index (χ0v) is 10.9. The highest BCUT2D eigenvalue weighted by atomic mass is 16.5. The highest BCUT2D eigenvalue weighted by molar-refractivity contribution is 4.79. The van der Waals surface area contributed by atoms with Crippen LogP contribution in [-0.2, 0) is 9.47 Å². The van der Waals surface area contributed by atoms with Crippen molar-refractivity contribution in [3.8, 4) is 0 Å². The van der Waals surface area contributed by atoms with Gasteiger partial charge >= 0.3 is 0 Å². The number of hydrogen-bond donors (Lipinski definition) is 1. The molecular weight excluding hydrogens is 204 g/mol. The Bertz CT molecular complexity index is 182. The van der Waals surface area contributed by atoms with E-state index in [0.717, 1.165) is 38.5 Å². The maximum atomic E-state index is 9.26. The van der Waals surface area contributed by atoms with Crippen LogP contribution in [0.2, 0.25) is 0 Å². The Morgan fingerprint density at radius 3 is 2.31 bits per heavy atom. The van der Waals surface area contributed by atoms with E-state index in [1.54, 1.807) is 14.0 Å². The third-order valence-electron chi connectivity index (χ3n) is 3.47. The van der Waals surface area contributed by atoms with Gasteiger partial charge in [-0.05, 0) is 52.4 Å². The molecule has 0 saturated heterocycles. The number of ether oxygens (including phenoxy) is 2. The van der Waals surface area contributed by atoms with Gasteiger partial charge in [0, 0.05) is 7.11 Å². The van der Waals surface area contributed by atoms with Gasteiger partial charge in [-0.25, -0.2) is 0 Å². The molecule has 1 aliphatic carbocycles. The molecule has 3 nitrogen and oxygen atoms in total. The molecule has 0 spiro atoms. The molecule has 0 aliphatic heterocycles. The van der Waals surface area contributed by atoms with Crippen LogP contribution < -0.4 is 0 Å². The van der Waals surface area contributed by atoms with Gasteiger partial charge in [0.05, 0.1) is 24.4 Å². The maximum absolute atomic E-state index is 9.26. The van der Waals surface area contributed by atoms with Gasteiger partial charge in [-0.15, -0.1) is 0 Å². The summed E-state index contributed by atoms with van der Waals surface area (Å²) in [7, 11) is 1.80. The molecule has 1 rings (SSSR count). The topological polar surface area (TPSA) is 38.7 Å². The van der Waals surface area contributed by atoms with Gasteiger partial charge in [-0.1, -0.05) is 0 Å². The van der Waals surface area contributed by atoms with Crippen LogP contribution in [0, 0.1) is 0 Å². The van der Waals surface area contributed by atoms with Gasteiger partial charge in [-0.3, -0.25) is 0 Å². The average Bonchev–Trinajstić information content (AvgIpc) is 2.21. The fourth-order valence-electron chi connectivity index (χ4n) is 2.38. The quantitative estimate of drug-likeness (QED) is 0.806. The van der Waals surface area contributed by atoms with E-state index in [1.807, 2.05) is 0 Å². The summed E-state index contributed by atoms with van der Waals surface area (Å²) in [6.07, 6.45) is 6.76. The second kappa shape index (κ2) is 6.58. The number of hydrogen-bond acceptors (Lipinski definition) is 3. The van der Waals surface area contributed by atoms with Crippen molar-refractivity contribution >= 4 is 0 Å². The summed E-state index contributed by atoms with van der Waals surface area (Å²) in [5.41, 5.74) is -0.0459. The lowest BCUT2D eigenvalue weighted by Gasteiger charge is -2.33. The van der Waals surface area contributed by atoms with Gasteiger partial charge in [0.2, 0.25) is 0 Å². The lowest BCUT2D eigenvalue weighted by molar-refractivity contribution is -0.0834. The van der Waals surface area contributed by atoms with Crippen molar-refractivity contribution in [2.45, 2.75) is 70.2 Å². The molecule has 1 fully saturated rings. The third-order valence-corrected chi connectivity index (χ3v) is 3.47. The molecule has 1 N–H and O–H groups in total. The van der Waals surface area contributed by atoms with E-state index >= 15 is 0 Å². The predicted molar refractivity (Wildman–Crippen MR) is 64.5 cm³/mol. The number of aliphatic hydroxyl groups is 1. The van der Waals surface area contributed by atoms with Gasteiger partial charge < -0.3 is 14.6 Å². The first kappa shape index (κ1) is 13.9. The van der Waals surface area contributed by atoms with Crippen LogP contribution in [0.25, 0.3) is 0 Å². The van der Waals surface area contributed by atoms with Crippen LogP contribution in [0.3, 0.4) is 0 Å². The Labute approximate surface area is 99.1 Å². The summed E-state index contributed by atoms with van der Waals surface area (Å²) < 4.78 is 11.3. The molecular formula is C13H26O3. The summed E-state index contributed by atoms with van der Waals surface area (Å²) >= 11 is 0. The zero-order chi connectivity index (χ0) is 12.0. The SMILES string of the molecule is COC1CCCC(C)(OCC(C)O)CCC1. The van der Waals surface area contributed by atoms with E-state index in [2.05, 4.69) is 6.92 Å².